The molecule has 1 aliphatic heterocycles. The van der Waals surface area contributed by atoms with Crippen LogP contribution in [0.1, 0.15) is 30.9 Å². The van der Waals surface area contributed by atoms with E-state index in [9.17, 15) is 10.1 Å². The summed E-state index contributed by atoms with van der Waals surface area (Å²) in [5, 5.41) is 17.8. The van der Waals surface area contributed by atoms with Gasteiger partial charge in [0.2, 0.25) is 0 Å². The van der Waals surface area contributed by atoms with Crippen LogP contribution in [0, 0.1) is 10.1 Å². The summed E-state index contributed by atoms with van der Waals surface area (Å²) in [6.45, 7) is 6.13. The zero-order valence-electron chi connectivity index (χ0n) is 18.9. The highest BCUT2D eigenvalue weighted by Crippen LogP contribution is 2.15. The lowest BCUT2D eigenvalue weighted by Crippen LogP contribution is -2.51. The topological polar surface area (TPSA) is 92.0 Å². The van der Waals surface area contributed by atoms with Crippen LogP contribution in [0.15, 0.2) is 59.6 Å². The molecule has 1 saturated heterocycles. The van der Waals surface area contributed by atoms with Gasteiger partial charge in [0.25, 0.3) is 5.69 Å². The lowest BCUT2D eigenvalue weighted by molar-refractivity contribution is -0.384. The van der Waals surface area contributed by atoms with Gasteiger partial charge in [-0.05, 0) is 30.9 Å². The summed E-state index contributed by atoms with van der Waals surface area (Å²) in [7, 11) is 1.68. The Morgan fingerprint density at radius 3 is 2.47 bits per heavy atom. The molecule has 0 radical (unpaired) electrons. The van der Waals surface area contributed by atoms with Gasteiger partial charge in [0, 0.05) is 51.0 Å². The molecule has 1 fully saturated rings. The first-order chi connectivity index (χ1) is 15.5. The second kappa shape index (κ2) is 12.2. The molecule has 3 rings (SSSR count). The lowest BCUT2D eigenvalue weighted by Gasteiger charge is -2.33. The Balaban J connectivity index is 1.56. The Hall–Kier alpha value is -2.97. The summed E-state index contributed by atoms with van der Waals surface area (Å²) < 4.78 is 5.25. The Bertz CT molecular complexity index is 865. The highest BCUT2D eigenvalue weighted by molar-refractivity contribution is 5.80. The van der Waals surface area contributed by atoms with Crippen LogP contribution in [0.2, 0.25) is 0 Å². The van der Waals surface area contributed by atoms with Crippen molar-refractivity contribution in [1.82, 2.24) is 15.5 Å². The molecule has 0 spiro atoms. The Morgan fingerprint density at radius 1 is 1.16 bits per heavy atom. The summed E-state index contributed by atoms with van der Waals surface area (Å²) in [5.41, 5.74) is 2.36. The molecule has 2 N–H and O–H groups in total. The largest absolute Gasteiger partial charge is 0.383 e. The standard InChI is InChI=1S/C24H33N5O3/c1-19(18-32-2)26-24(25-16-20-8-10-23(11-9-20)29(30)31)27-22-12-14-28(15-13-22)17-21-6-4-3-5-7-21/h3-11,19,22H,12-18H2,1-2H3,(H2,25,26,27). The smallest absolute Gasteiger partial charge is 0.269 e. The fourth-order valence-electron chi connectivity index (χ4n) is 3.82. The molecule has 0 saturated carbocycles. The number of non-ortho nitro benzene ring substituents is 1. The second-order valence-corrected chi connectivity index (χ2v) is 8.27. The number of hydrogen-bond acceptors (Lipinski definition) is 5. The number of nitrogens with one attached hydrogen (secondary N) is 2. The highest BCUT2D eigenvalue weighted by Gasteiger charge is 2.20. The molecule has 1 aliphatic rings. The third-order valence-corrected chi connectivity index (χ3v) is 5.54. The number of nitro groups is 1. The van der Waals surface area contributed by atoms with Crippen LogP contribution in [0.3, 0.4) is 0 Å². The molecule has 2 aromatic carbocycles. The van der Waals surface area contributed by atoms with Crippen LogP contribution < -0.4 is 10.6 Å². The van der Waals surface area contributed by atoms with Gasteiger partial charge in [-0.25, -0.2) is 4.99 Å². The van der Waals surface area contributed by atoms with Gasteiger partial charge in [0.05, 0.1) is 18.1 Å². The molecule has 2 aromatic rings. The van der Waals surface area contributed by atoms with E-state index in [1.807, 2.05) is 0 Å². The number of piperidine rings is 1. The lowest BCUT2D eigenvalue weighted by atomic mass is 10.0. The quantitative estimate of drug-likeness (QED) is 0.270. The van der Waals surface area contributed by atoms with Crippen molar-refractivity contribution in [2.45, 2.75) is 44.9 Å². The van der Waals surface area contributed by atoms with E-state index in [0.29, 0.717) is 19.2 Å². The van der Waals surface area contributed by atoms with Crippen LogP contribution >= 0.6 is 0 Å². The van der Waals surface area contributed by atoms with E-state index in [2.05, 4.69) is 52.8 Å². The van der Waals surface area contributed by atoms with Gasteiger partial charge in [0.15, 0.2) is 5.96 Å². The Labute approximate surface area is 189 Å². The zero-order valence-corrected chi connectivity index (χ0v) is 18.9. The molecule has 0 aromatic heterocycles. The van der Waals surface area contributed by atoms with Gasteiger partial charge in [-0.2, -0.15) is 0 Å². The molecule has 8 heteroatoms. The minimum atomic E-state index is -0.391. The fourth-order valence-corrected chi connectivity index (χ4v) is 3.82. The number of hydrogen-bond donors (Lipinski definition) is 2. The molecule has 172 valence electrons. The number of likely N-dealkylation sites (tertiary alicyclic amines) is 1. The number of nitro benzene ring substituents is 1. The van der Waals surface area contributed by atoms with Crippen LogP contribution in [-0.2, 0) is 17.8 Å². The summed E-state index contributed by atoms with van der Waals surface area (Å²) in [6, 6.07) is 17.6. The number of guanidine groups is 1. The SMILES string of the molecule is COCC(C)NC(=NCc1ccc([N+](=O)[O-])cc1)NC1CCN(Cc2ccccc2)CC1. The average Bonchev–Trinajstić information content (AvgIpc) is 2.80. The Kier molecular flexibility index (Phi) is 9.01. The molecule has 1 unspecified atom stereocenters. The molecule has 0 aliphatic carbocycles. The number of rotatable bonds is 9. The van der Waals surface area contributed by atoms with Crippen molar-refractivity contribution in [1.29, 1.82) is 0 Å². The summed E-state index contributed by atoms with van der Waals surface area (Å²) in [6.07, 6.45) is 2.09. The van der Waals surface area contributed by atoms with Crippen molar-refractivity contribution in [3.05, 3.63) is 75.8 Å². The van der Waals surface area contributed by atoms with Crippen molar-refractivity contribution >= 4 is 11.6 Å². The summed E-state index contributed by atoms with van der Waals surface area (Å²) >= 11 is 0. The summed E-state index contributed by atoms with van der Waals surface area (Å²) in [4.78, 5) is 17.7. The molecule has 0 bridgehead atoms. The number of methoxy groups -OCH3 is 1. The minimum absolute atomic E-state index is 0.0881. The first kappa shape index (κ1) is 23.7. The number of nitrogens with zero attached hydrogens (tertiary/aromatic N) is 3. The van der Waals surface area contributed by atoms with E-state index in [1.54, 1.807) is 19.2 Å². The van der Waals surface area contributed by atoms with Crippen LogP contribution in [0.25, 0.3) is 0 Å². The predicted octanol–water partition coefficient (Wildman–Crippen LogP) is 3.33. The molecule has 8 nitrogen and oxygen atoms in total. The third kappa shape index (κ3) is 7.62. The van der Waals surface area contributed by atoms with Gasteiger partial charge in [-0.15, -0.1) is 0 Å². The number of ether oxygens (including phenoxy) is 1. The molecular weight excluding hydrogens is 406 g/mol. The zero-order chi connectivity index (χ0) is 22.8. The van der Waals surface area contributed by atoms with E-state index >= 15 is 0 Å². The number of aliphatic imine (C=N–C) groups is 1. The average molecular weight is 440 g/mol. The molecule has 32 heavy (non-hydrogen) atoms. The first-order valence-electron chi connectivity index (χ1n) is 11.1. The van der Waals surface area contributed by atoms with Crippen LogP contribution in [-0.4, -0.2) is 54.7 Å². The van der Waals surface area contributed by atoms with E-state index < -0.39 is 4.92 Å². The van der Waals surface area contributed by atoms with Crippen molar-refractivity contribution in [3.8, 4) is 0 Å². The van der Waals surface area contributed by atoms with Gasteiger partial charge in [-0.1, -0.05) is 42.5 Å². The maximum Gasteiger partial charge on any atom is 0.269 e. The summed E-state index contributed by atoms with van der Waals surface area (Å²) in [5.74, 6) is 0.745. The normalized spacial score (nSPS) is 16.5. The van der Waals surface area contributed by atoms with E-state index in [-0.39, 0.29) is 11.7 Å². The maximum atomic E-state index is 10.9. The fraction of sp³-hybridized carbons (Fsp3) is 0.458. The molecule has 0 amide bonds. The van der Waals surface area contributed by atoms with Gasteiger partial charge in [0.1, 0.15) is 0 Å². The van der Waals surface area contributed by atoms with Crippen molar-refractivity contribution in [3.63, 3.8) is 0 Å². The molecule has 1 heterocycles. The van der Waals surface area contributed by atoms with Crippen LogP contribution in [0.4, 0.5) is 5.69 Å². The second-order valence-electron chi connectivity index (χ2n) is 8.27. The number of benzene rings is 2. The van der Waals surface area contributed by atoms with Gasteiger partial charge in [-0.3, -0.25) is 15.0 Å². The first-order valence-corrected chi connectivity index (χ1v) is 11.1. The monoisotopic (exact) mass is 439 g/mol. The minimum Gasteiger partial charge on any atom is -0.383 e. The van der Waals surface area contributed by atoms with E-state index in [4.69, 9.17) is 9.73 Å². The van der Waals surface area contributed by atoms with Crippen LogP contribution in [0.5, 0.6) is 0 Å². The van der Waals surface area contributed by atoms with E-state index in [0.717, 1.165) is 44.0 Å². The molecular formula is C24H33N5O3. The Morgan fingerprint density at radius 2 is 1.84 bits per heavy atom. The maximum absolute atomic E-state index is 10.9. The highest BCUT2D eigenvalue weighted by atomic mass is 16.6. The van der Waals surface area contributed by atoms with Gasteiger partial charge >= 0.3 is 0 Å². The molecule has 1 atom stereocenters. The van der Waals surface area contributed by atoms with Crippen molar-refractivity contribution in [2.24, 2.45) is 4.99 Å². The van der Waals surface area contributed by atoms with Gasteiger partial charge < -0.3 is 15.4 Å². The third-order valence-electron chi connectivity index (χ3n) is 5.54. The van der Waals surface area contributed by atoms with Crippen molar-refractivity contribution < 1.29 is 9.66 Å². The van der Waals surface area contributed by atoms with Crippen molar-refractivity contribution in [2.75, 3.05) is 26.8 Å². The van der Waals surface area contributed by atoms with E-state index in [1.165, 1.54) is 17.7 Å². The predicted molar refractivity (Wildman–Crippen MR) is 127 cm³/mol.